The fourth-order valence-corrected chi connectivity index (χ4v) is 5.56. The van der Waals surface area contributed by atoms with E-state index in [9.17, 15) is 29.4 Å². The zero-order valence-corrected chi connectivity index (χ0v) is 24.9. The van der Waals surface area contributed by atoms with Gasteiger partial charge in [0.2, 0.25) is 5.91 Å². The van der Waals surface area contributed by atoms with Crippen molar-refractivity contribution in [2.45, 2.75) is 60.3 Å². The molecule has 2 aliphatic heterocycles. The van der Waals surface area contributed by atoms with Crippen molar-refractivity contribution >= 4 is 47.7 Å². The van der Waals surface area contributed by atoms with Gasteiger partial charge in [-0.3, -0.25) is 9.59 Å². The molecule has 0 spiro atoms. The molecule has 2 aromatic heterocycles. The van der Waals surface area contributed by atoms with E-state index in [2.05, 4.69) is 26.9 Å². The second kappa shape index (κ2) is 12.5. The van der Waals surface area contributed by atoms with Gasteiger partial charge in [0.1, 0.15) is 0 Å². The average molecular weight is 583 g/mol. The van der Waals surface area contributed by atoms with E-state index in [1.54, 1.807) is 13.0 Å². The maximum atomic E-state index is 12.3. The van der Waals surface area contributed by atoms with Crippen LogP contribution in [0.25, 0.3) is 18.2 Å². The van der Waals surface area contributed by atoms with Gasteiger partial charge in [0, 0.05) is 45.3 Å². The lowest BCUT2D eigenvalue weighted by Crippen LogP contribution is -2.23. The van der Waals surface area contributed by atoms with Crippen LogP contribution in [0.3, 0.4) is 0 Å². The standard InChI is InChI=1S/C33H36N4O6/c1-7-20-19(6)32(42)37-27(20)14-25-18(5)23(10-12-31(40)41)29(35-25)15-28-22(9-11-30(38)39)17(4)24(34-28)13-26-16(3)21(8-2)33(43)36-26/h7-8,13-15,19,34-35H,2,9-12H2,1,3-6H3,(H,37,42)(H,38,39)(H,40,41)/p-2/b20-7?,24-13-,27-14-,28-15-/t19-/m1/s1. The number of hydrogen-bond donors (Lipinski definition) is 3. The lowest BCUT2D eigenvalue weighted by atomic mass is 10.00. The van der Waals surface area contributed by atoms with Crippen molar-refractivity contribution in [3.63, 3.8) is 0 Å². The molecule has 0 saturated carbocycles. The van der Waals surface area contributed by atoms with E-state index in [0.29, 0.717) is 44.6 Å². The monoisotopic (exact) mass is 582 g/mol. The minimum absolute atomic E-state index is 0.102. The number of carboxylic acids is 2. The molecule has 0 bridgehead atoms. The predicted molar refractivity (Wildman–Crippen MR) is 159 cm³/mol. The summed E-state index contributed by atoms with van der Waals surface area (Å²) in [5, 5.41) is 26.9. The fourth-order valence-electron chi connectivity index (χ4n) is 5.56. The molecule has 0 radical (unpaired) electrons. The van der Waals surface area contributed by atoms with Gasteiger partial charge in [-0.15, -0.1) is 0 Å². The minimum Gasteiger partial charge on any atom is -0.550 e. The number of nitrogens with zero attached hydrogens (tertiary/aromatic N) is 1. The number of aliphatic carboxylic acids is 2. The maximum absolute atomic E-state index is 12.3. The van der Waals surface area contributed by atoms with Crippen LogP contribution in [0, 0.1) is 19.8 Å². The summed E-state index contributed by atoms with van der Waals surface area (Å²) in [7, 11) is 0. The number of allylic oxidation sites excluding steroid dienone is 3. The van der Waals surface area contributed by atoms with Gasteiger partial charge in [0.15, 0.2) is 0 Å². The van der Waals surface area contributed by atoms with Crippen molar-refractivity contribution in [3.8, 4) is 0 Å². The Hall–Kier alpha value is -4.99. The number of nitrogens with one attached hydrogen (secondary N) is 3. The highest BCUT2D eigenvalue weighted by Crippen LogP contribution is 2.29. The molecule has 1 fully saturated rings. The lowest BCUT2D eigenvalue weighted by Gasteiger charge is -2.05. The van der Waals surface area contributed by atoms with E-state index in [1.165, 1.54) is 6.08 Å². The van der Waals surface area contributed by atoms with Crippen LogP contribution in [0.2, 0.25) is 0 Å². The molecule has 10 nitrogen and oxygen atoms in total. The van der Waals surface area contributed by atoms with Crippen LogP contribution in [-0.2, 0) is 32.0 Å². The van der Waals surface area contributed by atoms with Crippen molar-refractivity contribution in [1.82, 2.24) is 15.3 Å². The van der Waals surface area contributed by atoms with Gasteiger partial charge < -0.3 is 35.1 Å². The number of hydrogen-bond acceptors (Lipinski definition) is 6. The first-order valence-corrected chi connectivity index (χ1v) is 14.0. The van der Waals surface area contributed by atoms with Gasteiger partial charge in [-0.05, 0) is 112 Å². The summed E-state index contributed by atoms with van der Waals surface area (Å²) in [5.41, 5.74) is 7.53. The van der Waals surface area contributed by atoms with Gasteiger partial charge >= 0.3 is 0 Å². The number of aromatic nitrogens is 2. The summed E-state index contributed by atoms with van der Waals surface area (Å²) in [6, 6.07) is 0. The Morgan fingerprint density at radius 2 is 1.56 bits per heavy atom. The molecule has 224 valence electrons. The van der Waals surface area contributed by atoms with E-state index < -0.39 is 11.9 Å². The zero-order chi connectivity index (χ0) is 31.6. The summed E-state index contributed by atoms with van der Waals surface area (Å²) in [6.07, 6.45) is 8.73. The topological polar surface area (TPSA) is 170 Å². The maximum Gasteiger partial charge on any atom is 0.277 e. The van der Waals surface area contributed by atoms with E-state index in [1.807, 2.05) is 45.9 Å². The third kappa shape index (κ3) is 6.28. The van der Waals surface area contributed by atoms with Crippen LogP contribution in [-0.4, -0.2) is 39.4 Å². The first kappa shape index (κ1) is 31.0. The van der Waals surface area contributed by atoms with Gasteiger partial charge in [-0.1, -0.05) is 18.7 Å². The van der Waals surface area contributed by atoms with E-state index in [4.69, 9.17) is 0 Å². The van der Waals surface area contributed by atoms with Crippen LogP contribution in [0.1, 0.15) is 67.3 Å². The van der Waals surface area contributed by atoms with E-state index in [0.717, 1.165) is 27.8 Å². The number of carbonyl (C=O) groups is 4. The Labute approximate surface area is 249 Å². The first-order chi connectivity index (χ1) is 20.4. The first-order valence-electron chi connectivity index (χ1n) is 14.0. The van der Waals surface area contributed by atoms with Crippen LogP contribution in [0.5, 0.6) is 0 Å². The Morgan fingerprint density at radius 3 is 2.14 bits per heavy atom. The van der Waals surface area contributed by atoms with E-state index in [-0.39, 0.29) is 43.4 Å². The van der Waals surface area contributed by atoms with Gasteiger partial charge in [-0.2, -0.15) is 0 Å². The number of rotatable bonds is 10. The number of aliphatic imine (C=N–C) groups is 1. The highest BCUT2D eigenvalue weighted by atomic mass is 16.4. The molecule has 4 rings (SSSR count). The number of carboxylic acid groups (broad SMARTS) is 2. The summed E-state index contributed by atoms with van der Waals surface area (Å²) in [4.78, 5) is 58.2. The number of amides is 2. The molecule has 4 heterocycles. The molecule has 2 aliphatic rings. The molecule has 0 unspecified atom stereocenters. The molecular weight excluding hydrogens is 548 g/mol. The minimum atomic E-state index is -1.19. The highest BCUT2D eigenvalue weighted by molar-refractivity contribution is 6.31. The van der Waals surface area contributed by atoms with Crippen molar-refractivity contribution in [2.75, 3.05) is 0 Å². The Morgan fingerprint density at radius 1 is 0.907 bits per heavy atom. The normalized spacial score (nSPS) is 19.7. The SMILES string of the molecule is C=CC1=C(C)C(/C=c2\[nH]/c(=C\c3[nH]c(/C=C4\NC(=O)[C@H](C)C4=CC)c(C)c3CCC(=O)[O-])c(CCC(=O)[O-])c2C)=NC1=O. The molecule has 2 aromatic rings. The molecule has 0 aromatic carbocycles. The predicted octanol–water partition coefficient (Wildman–Crippen LogP) is 0.471. The largest absolute Gasteiger partial charge is 0.550 e. The average Bonchev–Trinajstić information content (AvgIpc) is 3.59. The second-order valence-electron chi connectivity index (χ2n) is 10.7. The van der Waals surface area contributed by atoms with Crippen LogP contribution in [0.4, 0.5) is 0 Å². The summed E-state index contributed by atoms with van der Waals surface area (Å²) in [6.45, 7) is 12.9. The van der Waals surface area contributed by atoms with Gasteiger partial charge in [0.25, 0.3) is 5.91 Å². The molecular formula is C33H34N4O6-2. The van der Waals surface area contributed by atoms with Crippen LogP contribution >= 0.6 is 0 Å². The Kier molecular flexibility index (Phi) is 8.99. The quantitative estimate of drug-likeness (QED) is 0.368. The molecule has 10 heteroatoms. The third-order valence-corrected chi connectivity index (χ3v) is 8.10. The van der Waals surface area contributed by atoms with Crippen molar-refractivity contribution in [3.05, 3.63) is 85.5 Å². The molecule has 3 N–H and O–H groups in total. The third-order valence-electron chi connectivity index (χ3n) is 8.10. The molecule has 2 amide bonds. The highest BCUT2D eigenvalue weighted by Gasteiger charge is 2.29. The molecule has 1 saturated heterocycles. The number of carbonyl (C=O) groups excluding carboxylic acids is 4. The second-order valence-corrected chi connectivity index (χ2v) is 10.7. The summed E-state index contributed by atoms with van der Waals surface area (Å²) in [5.74, 6) is -3.14. The van der Waals surface area contributed by atoms with Crippen LogP contribution in [0.15, 0.2) is 46.1 Å². The van der Waals surface area contributed by atoms with Crippen LogP contribution < -0.4 is 26.2 Å². The smallest absolute Gasteiger partial charge is 0.277 e. The van der Waals surface area contributed by atoms with Gasteiger partial charge in [-0.25, -0.2) is 4.99 Å². The van der Waals surface area contributed by atoms with Crippen molar-refractivity contribution < 1.29 is 29.4 Å². The Balaban J connectivity index is 1.91. The summed E-state index contributed by atoms with van der Waals surface area (Å²) >= 11 is 0. The molecule has 43 heavy (non-hydrogen) atoms. The van der Waals surface area contributed by atoms with E-state index >= 15 is 0 Å². The lowest BCUT2D eigenvalue weighted by molar-refractivity contribution is -0.307. The zero-order valence-electron chi connectivity index (χ0n) is 24.9. The Bertz CT molecular complexity index is 1810. The number of aromatic amines is 2. The molecule has 0 aliphatic carbocycles. The number of H-pyrrole nitrogens is 2. The molecule has 1 atom stereocenters. The van der Waals surface area contributed by atoms with Crippen molar-refractivity contribution in [1.29, 1.82) is 0 Å². The fraction of sp³-hybridized carbons (Fsp3) is 0.303. The summed E-state index contributed by atoms with van der Waals surface area (Å²) < 4.78 is 0. The van der Waals surface area contributed by atoms with Gasteiger partial charge in [0.05, 0.1) is 11.6 Å². The van der Waals surface area contributed by atoms with Crippen molar-refractivity contribution in [2.24, 2.45) is 10.9 Å².